The van der Waals surface area contributed by atoms with Gasteiger partial charge in [0.05, 0.1) is 25.4 Å². The average Bonchev–Trinajstić information content (AvgIpc) is 3.39. The van der Waals surface area contributed by atoms with E-state index in [0.717, 1.165) is 38.5 Å². The lowest BCUT2D eigenvalue weighted by Crippen LogP contribution is -2.45. The van der Waals surface area contributed by atoms with Crippen molar-refractivity contribution >= 4 is 11.9 Å². The number of ether oxygens (including phenoxy) is 1. The van der Waals surface area contributed by atoms with Gasteiger partial charge in [0.1, 0.15) is 0 Å². The molecule has 0 spiro atoms. The zero-order chi connectivity index (χ0) is 52.9. The zero-order valence-corrected chi connectivity index (χ0v) is 49.9. The maximum Gasteiger partial charge on any atom is 0.305 e. The molecule has 3 N–H and O–H groups in total. The molecule has 0 heterocycles. The van der Waals surface area contributed by atoms with Crippen LogP contribution >= 0.6 is 0 Å². The molecule has 0 aliphatic carbocycles. The lowest BCUT2D eigenvalue weighted by Gasteiger charge is -2.22. The van der Waals surface area contributed by atoms with Crippen LogP contribution in [0.4, 0.5) is 0 Å². The number of nitrogens with one attached hydrogen (secondary N) is 1. The van der Waals surface area contributed by atoms with E-state index >= 15 is 0 Å². The minimum Gasteiger partial charge on any atom is -0.466 e. The number of carbonyl (C=O) groups excluding carboxylic acids is 2. The van der Waals surface area contributed by atoms with Crippen LogP contribution in [0.5, 0.6) is 0 Å². The molecule has 0 aliphatic rings. The molecule has 2 atom stereocenters. The number of aliphatic hydroxyl groups is 2. The molecule has 6 nitrogen and oxygen atoms in total. The summed E-state index contributed by atoms with van der Waals surface area (Å²) in [4.78, 5) is 24.6. The van der Waals surface area contributed by atoms with Crippen LogP contribution in [-0.2, 0) is 14.3 Å². The van der Waals surface area contributed by atoms with Crippen LogP contribution in [0.3, 0.4) is 0 Å². The topological polar surface area (TPSA) is 95.9 Å². The number of rotatable bonds is 64. The molecule has 0 saturated carbocycles. The van der Waals surface area contributed by atoms with Gasteiger partial charge in [-0.15, -0.1) is 0 Å². The molecule has 0 aromatic carbocycles. The molecule has 0 radical (unpaired) electrons. The average molecular weight is 1030 g/mol. The van der Waals surface area contributed by atoms with Crippen LogP contribution in [0.2, 0.25) is 0 Å². The van der Waals surface area contributed by atoms with Gasteiger partial charge in [-0.3, -0.25) is 9.59 Å². The van der Waals surface area contributed by atoms with Crippen molar-refractivity contribution in [2.24, 2.45) is 0 Å². The van der Waals surface area contributed by atoms with E-state index in [1.807, 2.05) is 0 Å². The van der Waals surface area contributed by atoms with Gasteiger partial charge in [-0.2, -0.15) is 0 Å². The third kappa shape index (κ3) is 60.0. The third-order valence-corrected chi connectivity index (χ3v) is 16.2. The largest absolute Gasteiger partial charge is 0.466 e. The standard InChI is InChI=1S/C67H133NO5/c1-3-5-7-9-11-13-15-17-19-21-23-27-31-35-39-43-47-51-55-59-65(70)64(63-69)68-66(71)60-56-52-48-44-40-36-32-28-25-26-30-34-38-42-46-50-54-58-62-73-67(72)61-57-53-49-45-41-37-33-29-24-22-20-18-16-14-12-10-8-6-4-2/h64-65,69-70H,3-63H2,1-2H3,(H,68,71). The molecule has 73 heavy (non-hydrogen) atoms. The van der Waals surface area contributed by atoms with Crippen molar-refractivity contribution in [1.29, 1.82) is 0 Å². The third-order valence-electron chi connectivity index (χ3n) is 16.2. The predicted molar refractivity (Wildman–Crippen MR) is 320 cm³/mol. The van der Waals surface area contributed by atoms with Crippen molar-refractivity contribution in [3.8, 4) is 0 Å². The van der Waals surface area contributed by atoms with Crippen LogP contribution < -0.4 is 5.32 Å². The van der Waals surface area contributed by atoms with Gasteiger partial charge < -0.3 is 20.3 Å². The van der Waals surface area contributed by atoms with Crippen molar-refractivity contribution in [3.05, 3.63) is 0 Å². The highest BCUT2D eigenvalue weighted by molar-refractivity contribution is 5.76. The lowest BCUT2D eigenvalue weighted by atomic mass is 10.0. The van der Waals surface area contributed by atoms with Crippen molar-refractivity contribution in [2.75, 3.05) is 13.2 Å². The lowest BCUT2D eigenvalue weighted by molar-refractivity contribution is -0.143. The van der Waals surface area contributed by atoms with E-state index in [2.05, 4.69) is 19.2 Å². The normalized spacial score (nSPS) is 12.4. The molecule has 0 bridgehead atoms. The Morgan fingerprint density at radius 1 is 0.329 bits per heavy atom. The summed E-state index contributed by atoms with van der Waals surface area (Å²) < 4.78 is 5.51. The quantitative estimate of drug-likeness (QED) is 0.0417. The SMILES string of the molecule is CCCCCCCCCCCCCCCCCCCCCC(=O)OCCCCCCCCCCCCCCCCCCCCC(=O)NC(CO)C(O)CCCCCCCCCCCCCCCCCCCCC. The Kier molecular flexibility index (Phi) is 62.4. The van der Waals surface area contributed by atoms with E-state index in [-0.39, 0.29) is 18.5 Å². The summed E-state index contributed by atoms with van der Waals surface area (Å²) in [6.45, 7) is 4.99. The molecule has 0 rings (SSSR count). The number of unbranched alkanes of at least 4 members (excludes halogenated alkanes) is 53. The van der Waals surface area contributed by atoms with Gasteiger partial charge >= 0.3 is 5.97 Å². The fourth-order valence-corrected chi connectivity index (χ4v) is 11.0. The second-order valence-corrected chi connectivity index (χ2v) is 23.5. The molecular formula is C67H133NO5. The molecule has 0 aliphatic heterocycles. The summed E-state index contributed by atoms with van der Waals surface area (Å²) in [7, 11) is 0. The number of carbonyl (C=O) groups is 2. The Morgan fingerprint density at radius 2 is 0.562 bits per heavy atom. The van der Waals surface area contributed by atoms with Gasteiger partial charge in [-0.05, 0) is 25.7 Å². The fraction of sp³-hybridized carbons (Fsp3) is 0.970. The van der Waals surface area contributed by atoms with Gasteiger partial charge in [0, 0.05) is 12.8 Å². The number of amides is 1. The van der Waals surface area contributed by atoms with E-state index in [1.165, 1.54) is 321 Å². The van der Waals surface area contributed by atoms with Gasteiger partial charge in [0.2, 0.25) is 5.91 Å². The van der Waals surface area contributed by atoms with E-state index in [9.17, 15) is 19.8 Å². The van der Waals surface area contributed by atoms with Gasteiger partial charge in [0.25, 0.3) is 0 Å². The maximum absolute atomic E-state index is 12.5. The minimum atomic E-state index is -0.667. The molecule has 0 aromatic rings. The van der Waals surface area contributed by atoms with Crippen LogP contribution in [0.15, 0.2) is 0 Å². The first kappa shape index (κ1) is 71.9. The summed E-state index contributed by atoms with van der Waals surface area (Å²) in [5.74, 6) is -0.0204. The molecule has 0 aromatic heterocycles. The maximum atomic E-state index is 12.5. The van der Waals surface area contributed by atoms with Crippen LogP contribution in [-0.4, -0.2) is 47.4 Å². The van der Waals surface area contributed by atoms with Crippen molar-refractivity contribution < 1.29 is 24.5 Å². The van der Waals surface area contributed by atoms with Gasteiger partial charge in [-0.25, -0.2) is 0 Å². The summed E-state index contributed by atoms with van der Waals surface area (Å²) >= 11 is 0. The number of aliphatic hydroxyl groups excluding tert-OH is 2. The Bertz CT molecular complexity index is 1050. The number of hydrogen-bond donors (Lipinski definition) is 3. The van der Waals surface area contributed by atoms with E-state index in [0.29, 0.717) is 25.9 Å². The van der Waals surface area contributed by atoms with Crippen molar-refractivity contribution in [2.45, 2.75) is 405 Å². The van der Waals surface area contributed by atoms with Crippen LogP contribution in [0, 0.1) is 0 Å². The van der Waals surface area contributed by atoms with Gasteiger partial charge in [-0.1, -0.05) is 354 Å². The first-order valence-electron chi connectivity index (χ1n) is 33.8. The van der Waals surface area contributed by atoms with Crippen molar-refractivity contribution in [3.63, 3.8) is 0 Å². The first-order valence-corrected chi connectivity index (χ1v) is 33.8. The summed E-state index contributed by atoms with van der Waals surface area (Å²) in [5.41, 5.74) is 0. The van der Waals surface area contributed by atoms with Crippen molar-refractivity contribution in [1.82, 2.24) is 5.32 Å². The minimum absolute atomic E-state index is 0.0137. The van der Waals surface area contributed by atoms with E-state index in [1.54, 1.807) is 0 Å². The molecule has 1 amide bonds. The van der Waals surface area contributed by atoms with Crippen LogP contribution in [0.25, 0.3) is 0 Å². The highest BCUT2D eigenvalue weighted by Gasteiger charge is 2.20. The first-order chi connectivity index (χ1) is 36.0. The summed E-state index contributed by atoms with van der Waals surface area (Å²) in [6.07, 6.45) is 75.5. The molecular weight excluding hydrogens is 899 g/mol. The molecule has 0 fully saturated rings. The Labute approximate surface area is 457 Å². The number of hydrogen-bond acceptors (Lipinski definition) is 5. The molecule has 0 saturated heterocycles. The highest BCUT2D eigenvalue weighted by atomic mass is 16.5. The smallest absolute Gasteiger partial charge is 0.305 e. The fourth-order valence-electron chi connectivity index (χ4n) is 11.0. The van der Waals surface area contributed by atoms with E-state index < -0.39 is 12.1 Å². The number of esters is 1. The highest BCUT2D eigenvalue weighted by Crippen LogP contribution is 2.19. The molecule has 6 heteroatoms. The predicted octanol–water partition coefficient (Wildman–Crippen LogP) is 21.4. The summed E-state index contributed by atoms with van der Waals surface area (Å²) in [5, 5.41) is 23.4. The monoisotopic (exact) mass is 1030 g/mol. The Balaban J connectivity index is 3.37. The summed E-state index contributed by atoms with van der Waals surface area (Å²) in [6, 6.07) is -0.544. The zero-order valence-electron chi connectivity index (χ0n) is 49.9. The Hall–Kier alpha value is -1.14. The molecule has 436 valence electrons. The molecule has 2 unspecified atom stereocenters. The second kappa shape index (κ2) is 63.4. The van der Waals surface area contributed by atoms with Crippen LogP contribution in [0.1, 0.15) is 393 Å². The Morgan fingerprint density at radius 3 is 0.836 bits per heavy atom. The van der Waals surface area contributed by atoms with Gasteiger partial charge in [0.15, 0.2) is 0 Å². The van der Waals surface area contributed by atoms with E-state index in [4.69, 9.17) is 4.74 Å². The second-order valence-electron chi connectivity index (χ2n) is 23.5.